The molecule has 0 saturated carbocycles. The lowest BCUT2D eigenvalue weighted by Crippen LogP contribution is -2.17. The van der Waals surface area contributed by atoms with Crippen LogP contribution in [-0.2, 0) is 11.3 Å². The molecule has 1 amide bonds. The van der Waals surface area contributed by atoms with Gasteiger partial charge in [0.25, 0.3) is 5.91 Å². The van der Waals surface area contributed by atoms with E-state index in [4.69, 9.17) is 0 Å². The topological polar surface area (TPSA) is 65.5 Å². The summed E-state index contributed by atoms with van der Waals surface area (Å²) >= 11 is 3.50. The highest BCUT2D eigenvalue weighted by atomic mass is 79.9. The van der Waals surface area contributed by atoms with Crippen LogP contribution < -0.4 is 10.2 Å². The van der Waals surface area contributed by atoms with E-state index < -0.39 is 6.10 Å². The average Bonchev–Trinajstić information content (AvgIpc) is 2.74. The van der Waals surface area contributed by atoms with Gasteiger partial charge in [-0.1, -0.05) is 6.07 Å². The molecule has 0 radical (unpaired) electrons. The van der Waals surface area contributed by atoms with E-state index in [0.717, 1.165) is 15.7 Å². The van der Waals surface area contributed by atoms with Crippen LogP contribution in [-0.4, -0.2) is 23.0 Å². The number of nitrogens with zero attached hydrogens (tertiary/aromatic N) is 2. The fraction of sp³-hybridized carbons (Fsp3) is 0.200. The number of aliphatic hydroxyl groups is 1. The Kier molecular flexibility index (Phi) is 3.65. The summed E-state index contributed by atoms with van der Waals surface area (Å²) in [5.74, 6) is -0.385. The third-order valence-corrected chi connectivity index (χ3v) is 4.11. The highest BCUT2D eigenvalue weighted by molar-refractivity contribution is 9.10. The first kappa shape index (κ1) is 14.0. The SMILES string of the molecule is CN(Cc1cccnc1)c1cc2c(cc1Br)C(O)C(=O)N2. The number of aliphatic hydroxyl groups excluding tert-OH is 1. The fourth-order valence-corrected chi connectivity index (χ4v) is 3.06. The number of aromatic nitrogens is 1. The zero-order valence-electron chi connectivity index (χ0n) is 11.4. The van der Waals surface area contributed by atoms with Gasteiger partial charge < -0.3 is 15.3 Å². The molecule has 2 N–H and O–H groups in total. The first-order valence-corrected chi connectivity index (χ1v) is 7.28. The maximum absolute atomic E-state index is 11.5. The van der Waals surface area contributed by atoms with Crippen molar-refractivity contribution in [1.29, 1.82) is 0 Å². The quantitative estimate of drug-likeness (QED) is 0.894. The van der Waals surface area contributed by atoms with E-state index in [2.05, 4.69) is 31.1 Å². The fourth-order valence-electron chi connectivity index (χ4n) is 2.40. The normalized spacial score (nSPS) is 16.5. The van der Waals surface area contributed by atoms with Gasteiger partial charge in [-0.2, -0.15) is 0 Å². The maximum atomic E-state index is 11.5. The van der Waals surface area contributed by atoms with Crippen molar-refractivity contribution in [2.24, 2.45) is 0 Å². The van der Waals surface area contributed by atoms with E-state index >= 15 is 0 Å². The zero-order valence-corrected chi connectivity index (χ0v) is 13.0. The number of amides is 1. The molecule has 1 aliphatic heterocycles. The number of carbonyl (C=O) groups excluding carboxylic acids is 1. The van der Waals surface area contributed by atoms with Gasteiger partial charge in [0.2, 0.25) is 0 Å². The number of rotatable bonds is 3. The first-order valence-electron chi connectivity index (χ1n) is 6.48. The number of hydrogen-bond acceptors (Lipinski definition) is 4. The lowest BCUT2D eigenvalue weighted by Gasteiger charge is -2.21. The number of halogens is 1. The molecule has 1 aliphatic rings. The van der Waals surface area contributed by atoms with Crippen molar-refractivity contribution in [1.82, 2.24) is 4.98 Å². The smallest absolute Gasteiger partial charge is 0.257 e. The minimum atomic E-state index is -1.09. The second-order valence-electron chi connectivity index (χ2n) is 5.00. The molecule has 1 aromatic carbocycles. The summed E-state index contributed by atoms with van der Waals surface area (Å²) < 4.78 is 0.836. The molecule has 6 heteroatoms. The largest absolute Gasteiger partial charge is 0.378 e. The molecule has 1 unspecified atom stereocenters. The predicted octanol–water partition coefficient (Wildman–Crippen LogP) is 2.47. The number of pyridine rings is 1. The molecule has 1 atom stereocenters. The highest BCUT2D eigenvalue weighted by Crippen LogP contribution is 2.38. The average molecular weight is 348 g/mol. The molecule has 5 nitrogen and oxygen atoms in total. The van der Waals surface area contributed by atoms with Crippen LogP contribution in [0.5, 0.6) is 0 Å². The van der Waals surface area contributed by atoms with Crippen LogP contribution in [0.25, 0.3) is 0 Å². The standard InChI is InChI=1S/C15H14BrN3O2/c1-19(8-9-3-2-4-17-7-9)13-6-12-10(5-11(13)16)14(20)15(21)18-12/h2-7,14,20H,8H2,1H3,(H,18,21). The number of benzene rings is 1. The monoisotopic (exact) mass is 347 g/mol. The highest BCUT2D eigenvalue weighted by Gasteiger charge is 2.29. The molecule has 0 saturated heterocycles. The van der Waals surface area contributed by atoms with Crippen LogP contribution in [0.2, 0.25) is 0 Å². The Morgan fingerprint density at radius 3 is 3.00 bits per heavy atom. The molecule has 1 aromatic heterocycles. The summed E-state index contributed by atoms with van der Waals surface area (Å²) in [4.78, 5) is 17.7. The van der Waals surface area contributed by atoms with Crippen molar-refractivity contribution in [3.05, 3.63) is 52.3 Å². The van der Waals surface area contributed by atoms with Crippen molar-refractivity contribution in [2.45, 2.75) is 12.6 Å². The molecular weight excluding hydrogens is 334 g/mol. The molecular formula is C15H14BrN3O2. The van der Waals surface area contributed by atoms with Crippen molar-refractivity contribution in [3.63, 3.8) is 0 Å². The summed E-state index contributed by atoms with van der Waals surface area (Å²) in [5.41, 5.74) is 3.29. The Morgan fingerprint density at radius 1 is 1.48 bits per heavy atom. The molecule has 2 aromatic rings. The van der Waals surface area contributed by atoms with Crippen molar-refractivity contribution in [3.8, 4) is 0 Å². The third-order valence-electron chi connectivity index (χ3n) is 3.47. The van der Waals surface area contributed by atoms with Gasteiger partial charge in [-0.05, 0) is 39.7 Å². The maximum Gasteiger partial charge on any atom is 0.257 e. The second-order valence-corrected chi connectivity index (χ2v) is 5.85. The van der Waals surface area contributed by atoms with E-state index in [9.17, 15) is 9.90 Å². The number of hydrogen-bond donors (Lipinski definition) is 2. The predicted molar refractivity (Wildman–Crippen MR) is 84.1 cm³/mol. The van der Waals surface area contributed by atoms with Crippen LogP contribution in [0.1, 0.15) is 17.2 Å². The summed E-state index contributed by atoms with van der Waals surface area (Å²) in [6.07, 6.45) is 2.48. The molecule has 3 rings (SSSR count). The number of anilines is 2. The van der Waals surface area contributed by atoms with Gasteiger partial charge in [0.15, 0.2) is 6.10 Å². The van der Waals surface area contributed by atoms with Crippen LogP contribution >= 0.6 is 15.9 Å². The molecule has 108 valence electrons. The van der Waals surface area contributed by atoms with E-state index in [-0.39, 0.29) is 5.91 Å². The Labute approximate surface area is 130 Å². The number of nitrogens with one attached hydrogen (secondary N) is 1. The van der Waals surface area contributed by atoms with Gasteiger partial charge in [-0.3, -0.25) is 9.78 Å². The van der Waals surface area contributed by atoms with Gasteiger partial charge >= 0.3 is 0 Å². The molecule has 0 spiro atoms. The van der Waals surface area contributed by atoms with Crippen molar-refractivity contribution >= 4 is 33.2 Å². The van der Waals surface area contributed by atoms with E-state index in [0.29, 0.717) is 17.8 Å². The van der Waals surface area contributed by atoms with Crippen molar-refractivity contribution in [2.75, 3.05) is 17.3 Å². The van der Waals surface area contributed by atoms with E-state index in [1.807, 2.05) is 31.4 Å². The van der Waals surface area contributed by atoms with Gasteiger partial charge in [-0.15, -0.1) is 0 Å². The van der Waals surface area contributed by atoms with Gasteiger partial charge in [-0.25, -0.2) is 0 Å². The minimum Gasteiger partial charge on any atom is -0.378 e. The van der Waals surface area contributed by atoms with Gasteiger partial charge in [0, 0.05) is 41.7 Å². The van der Waals surface area contributed by atoms with Crippen LogP contribution in [0.3, 0.4) is 0 Å². The molecule has 21 heavy (non-hydrogen) atoms. The van der Waals surface area contributed by atoms with E-state index in [1.165, 1.54) is 0 Å². The lowest BCUT2D eigenvalue weighted by atomic mass is 10.1. The minimum absolute atomic E-state index is 0.385. The summed E-state index contributed by atoms with van der Waals surface area (Å²) in [6.45, 7) is 0.696. The van der Waals surface area contributed by atoms with Crippen LogP contribution in [0.4, 0.5) is 11.4 Å². The Bertz CT molecular complexity index is 691. The number of carbonyl (C=O) groups is 1. The van der Waals surface area contributed by atoms with Crippen LogP contribution in [0.15, 0.2) is 41.1 Å². The second kappa shape index (κ2) is 5.46. The zero-order chi connectivity index (χ0) is 15.0. The first-order chi connectivity index (χ1) is 10.1. The molecule has 2 heterocycles. The lowest BCUT2D eigenvalue weighted by molar-refractivity contribution is -0.123. The van der Waals surface area contributed by atoms with Crippen LogP contribution in [0, 0.1) is 0 Å². The summed E-state index contributed by atoms with van der Waals surface area (Å²) in [7, 11) is 1.96. The Balaban J connectivity index is 1.90. The van der Waals surface area contributed by atoms with Gasteiger partial charge in [0.1, 0.15) is 0 Å². The van der Waals surface area contributed by atoms with Gasteiger partial charge in [0.05, 0.1) is 5.69 Å². The molecule has 0 bridgehead atoms. The molecule has 0 fully saturated rings. The number of fused-ring (bicyclic) bond motifs is 1. The summed E-state index contributed by atoms with van der Waals surface area (Å²) in [5, 5.41) is 12.5. The summed E-state index contributed by atoms with van der Waals surface area (Å²) in [6, 6.07) is 7.56. The Hall–Kier alpha value is -1.92. The third kappa shape index (κ3) is 2.64. The van der Waals surface area contributed by atoms with E-state index in [1.54, 1.807) is 12.3 Å². The Morgan fingerprint density at radius 2 is 2.29 bits per heavy atom. The molecule has 0 aliphatic carbocycles. The van der Waals surface area contributed by atoms with Crippen molar-refractivity contribution < 1.29 is 9.90 Å².